The topological polar surface area (TPSA) is 46.5 Å². The predicted molar refractivity (Wildman–Crippen MR) is 68.1 cm³/mol. The van der Waals surface area contributed by atoms with Crippen LogP contribution in [0.2, 0.25) is 0 Å². The largest absolute Gasteiger partial charge is 0.481 e. The van der Waals surface area contributed by atoms with Gasteiger partial charge in [-0.2, -0.15) is 0 Å². The highest BCUT2D eigenvalue weighted by atomic mass is 79.9. The molecule has 0 aromatic heterocycles. The molecule has 0 radical (unpaired) electrons. The van der Waals surface area contributed by atoms with Crippen LogP contribution in [0.15, 0.2) is 28.7 Å². The molecule has 1 aromatic carbocycles. The molecule has 17 heavy (non-hydrogen) atoms. The Kier molecular flexibility index (Phi) is 4.18. The first-order chi connectivity index (χ1) is 8.18. The SMILES string of the molecule is O=C(O)C(COCC1CC1)c1ccccc1Br. The molecule has 1 aliphatic carbocycles. The smallest absolute Gasteiger partial charge is 0.313 e. The molecule has 4 heteroatoms. The third-order valence-electron chi connectivity index (χ3n) is 2.91. The van der Waals surface area contributed by atoms with Crippen LogP contribution in [0.4, 0.5) is 0 Å². The molecule has 1 unspecified atom stereocenters. The standard InChI is InChI=1S/C13H15BrO3/c14-12-4-2-1-3-10(12)11(13(15)16)8-17-7-9-5-6-9/h1-4,9,11H,5-8H2,(H,15,16). The summed E-state index contributed by atoms with van der Waals surface area (Å²) in [6, 6.07) is 7.39. The Balaban J connectivity index is 2.00. The van der Waals surface area contributed by atoms with Crippen LogP contribution in [0.1, 0.15) is 24.3 Å². The minimum atomic E-state index is -0.840. The summed E-state index contributed by atoms with van der Waals surface area (Å²) in [6.07, 6.45) is 2.43. The van der Waals surface area contributed by atoms with E-state index in [1.807, 2.05) is 24.3 Å². The summed E-state index contributed by atoms with van der Waals surface area (Å²) < 4.78 is 6.31. The van der Waals surface area contributed by atoms with Crippen molar-refractivity contribution in [2.24, 2.45) is 5.92 Å². The zero-order chi connectivity index (χ0) is 12.3. The van der Waals surface area contributed by atoms with Crippen LogP contribution in [0.25, 0.3) is 0 Å². The first-order valence-corrected chi connectivity index (χ1v) is 6.52. The normalized spacial score (nSPS) is 16.8. The van der Waals surface area contributed by atoms with Gasteiger partial charge in [0.25, 0.3) is 0 Å². The number of hydrogen-bond acceptors (Lipinski definition) is 2. The molecule has 1 aliphatic rings. The van der Waals surface area contributed by atoms with Gasteiger partial charge in [-0.05, 0) is 30.4 Å². The fraction of sp³-hybridized carbons (Fsp3) is 0.462. The minimum Gasteiger partial charge on any atom is -0.481 e. The Morgan fingerprint density at radius 1 is 1.47 bits per heavy atom. The molecule has 0 saturated heterocycles. The molecule has 0 amide bonds. The minimum absolute atomic E-state index is 0.244. The number of rotatable bonds is 6. The van der Waals surface area contributed by atoms with Crippen LogP contribution in [-0.4, -0.2) is 24.3 Å². The van der Waals surface area contributed by atoms with E-state index in [2.05, 4.69) is 15.9 Å². The zero-order valence-corrected chi connectivity index (χ0v) is 11.0. The van der Waals surface area contributed by atoms with Crippen molar-refractivity contribution < 1.29 is 14.6 Å². The lowest BCUT2D eigenvalue weighted by Gasteiger charge is -2.14. The first kappa shape index (κ1) is 12.6. The van der Waals surface area contributed by atoms with E-state index < -0.39 is 11.9 Å². The van der Waals surface area contributed by atoms with E-state index in [0.717, 1.165) is 10.0 Å². The zero-order valence-electron chi connectivity index (χ0n) is 9.43. The van der Waals surface area contributed by atoms with E-state index in [0.29, 0.717) is 12.5 Å². The molecule has 0 bridgehead atoms. The van der Waals surface area contributed by atoms with Crippen molar-refractivity contribution in [1.82, 2.24) is 0 Å². The number of ether oxygens (including phenoxy) is 1. The summed E-state index contributed by atoms with van der Waals surface area (Å²) in [4.78, 5) is 11.2. The molecule has 0 heterocycles. The summed E-state index contributed by atoms with van der Waals surface area (Å²) in [5, 5.41) is 9.23. The highest BCUT2D eigenvalue weighted by molar-refractivity contribution is 9.10. The van der Waals surface area contributed by atoms with Gasteiger partial charge in [-0.15, -0.1) is 0 Å². The quantitative estimate of drug-likeness (QED) is 0.878. The fourth-order valence-corrected chi connectivity index (χ4v) is 2.25. The lowest BCUT2D eigenvalue weighted by molar-refractivity contribution is -0.140. The van der Waals surface area contributed by atoms with Gasteiger partial charge in [0.05, 0.1) is 6.61 Å². The van der Waals surface area contributed by atoms with E-state index in [4.69, 9.17) is 4.74 Å². The maximum absolute atomic E-state index is 11.2. The molecule has 1 aromatic rings. The fourth-order valence-electron chi connectivity index (χ4n) is 1.69. The summed E-state index contributed by atoms with van der Waals surface area (Å²) in [5.41, 5.74) is 0.774. The molecular weight excluding hydrogens is 284 g/mol. The molecule has 92 valence electrons. The molecule has 1 atom stereocenters. The monoisotopic (exact) mass is 298 g/mol. The van der Waals surface area contributed by atoms with Crippen LogP contribution in [-0.2, 0) is 9.53 Å². The van der Waals surface area contributed by atoms with Crippen LogP contribution in [0.5, 0.6) is 0 Å². The molecule has 2 rings (SSSR count). The van der Waals surface area contributed by atoms with Crippen molar-refractivity contribution in [1.29, 1.82) is 0 Å². The van der Waals surface area contributed by atoms with E-state index in [1.165, 1.54) is 12.8 Å². The third kappa shape index (κ3) is 3.54. The van der Waals surface area contributed by atoms with Crippen molar-refractivity contribution in [3.05, 3.63) is 34.3 Å². The number of carboxylic acid groups (broad SMARTS) is 1. The van der Waals surface area contributed by atoms with E-state index in [1.54, 1.807) is 0 Å². The van der Waals surface area contributed by atoms with Gasteiger partial charge in [-0.25, -0.2) is 0 Å². The molecule has 1 saturated carbocycles. The second-order valence-electron chi connectivity index (χ2n) is 4.39. The maximum Gasteiger partial charge on any atom is 0.313 e. The predicted octanol–water partition coefficient (Wildman–Crippen LogP) is 3.04. The van der Waals surface area contributed by atoms with Crippen molar-refractivity contribution in [2.45, 2.75) is 18.8 Å². The number of aliphatic carboxylic acids is 1. The summed E-state index contributed by atoms with van der Waals surface area (Å²) in [6.45, 7) is 0.933. The molecule has 0 aliphatic heterocycles. The van der Waals surface area contributed by atoms with Crippen molar-refractivity contribution in [3.63, 3.8) is 0 Å². The van der Waals surface area contributed by atoms with Crippen molar-refractivity contribution >= 4 is 21.9 Å². The number of carbonyl (C=O) groups is 1. The Bertz CT molecular complexity index is 401. The van der Waals surface area contributed by atoms with Gasteiger partial charge in [0.2, 0.25) is 0 Å². The van der Waals surface area contributed by atoms with Crippen LogP contribution >= 0.6 is 15.9 Å². The van der Waals surface area contributed by atoms with E-state index >= 15 is 0 Å². The summed E-state index contributed by atoms with van der Waals surface area (Å²) in [7, 11) is 0. The molecule has 1 fully saturated rings. The average Bonchev–Trinajstić information content (AvgIpc) is 3.09. The molecular formula is C13H15BrO3. The van der Waals surface area contributed by atoms with Crippen LogP contribution < -0.4 is 0 Å². The first-order valence-electron chi connectivity index (χ1n) is 5.73. The van der Waals surface area contributed by atoms with E-state index in [9.17, 15) is 9.90 Å². The van der Waals surface area contributed by atoms with E-state index in [-0.39, 0.29) is 6.61 Å². The Hall–Kier alpha value is -0.870. The molecule has 0 spiro atoms. The molecule has 1 N–H and O–H groups in total. The van der Waals surface area contributed by atoms with Gasteiger partial charge < -0.3 is 9.84 Å². The van der Waals surface area contributed by atoms with Crippen molar-refractivity contribution in [2.75, 3.05) is 13.2 Å². The Morgan fingerprint density at radius 2 is 2.18 bits per heavy atom. The third-order valence-corrected chi connectivity index (χ3v) is 3.64. The number of carboxylic acids is 1. The lowest BCUT2D eigenvalue weighted by atomic mass is 10.0. The van der Waals surface area contributed by atoms with Crippen LogP contribution in [0.3, 0.4) is 0 Å². The van der Waals surface area contributed by atoms with Gasteiger partial charge >= 0.3 is 5.97 Å². The highest BCUT2D eigenvalue weighted by Gasteiger charge is 2.25. The maximum atomic E-state index is 11.2. The second kappa shape index (κ2) is 5.65. The number of benzene rings is 1. The van der Waals surface area contributed by atoms with Crippen LogP contribution in [0, 0.1) is 5.92 Å². The van der Waals surface area contributed by atoms with Gasteiger partial charge in [0.1, 0.15) is 5.92 Å². The molecule has 3 nitrogen and oxygen atoms in total. The summed E-state index contributed by atoms with van der Waals surface area (Å²) in [5.74, 6) is -0.777. The summed E-state index contributed by atoms with van der Waals surface area (Å²) >= 11 is 3.38. The van der Waals surface area contributed by atoms with Crippen molar-refractivity contribution in [3.8, 4) is 0 Å². The Labute approximate surface area is 109 Å². The lowest BCUT2D eigenvalue weighted by Crippen LogP contribution is -2.19. The average molecular weight is 299 g/mol. The van der Waals surface area contributed by atoms with Gasteiger partial charge in [-0.3, -0.25) is 4.79 Å². The second-order valence-corrected chi connectivity index (χ2v) is 5.25. The highest BCUT2D eigenvalue weighted by Crippen LogP contribution is 2.30. The van der Waals surface area contributed by atoms with Gasteiger partial charge in [0, 0.05) is 11.1 Å². The number of hydrogen-bond donors (Lipinski definition) is 1. The number of halogens is 1. The Morgan fingerprint density at radius 3 is 2.76 bits per heavy atom. The van der Waals surface area contributed by atoms with Gasteiger partial charge in [0.15, 0.2) is 0 Å². The van der Waals surface area contributed by atoms with Gasteiger partial charge in [-0.1, -0.05) is 34.1 Å².